The van der Waals surface area contributed by atoms with E-state index in [-0.39, 0.29) is 12.2 Å². The minimum absolute atomic E-state index is 0.173. The van der Waals surface area contributed by atoms with Crippen LogP contribution in [0.25, 0.3) is 11.8 Å². The van der Waals surface area contributed by atoms with E-state index in [9.17, 15) is 9.59 Å². The van der Waals surface area contributed by atoms with Crippen LogP contribution in [-0.2, 0) is 9.53 Å². The quantitative estimate of drug-likeness (QED) is 0.389. The van der Waals surface area contributed by atoms with E-state index in [4.69, 9.17) is 4.74 Å². The van der Waals surface area contributed by atoms with E-state index >= 15 is 0 Å². The first kappa shape index (κ1) is 23.2. The highest BCUT2D eigenvalue weighted by Crippen LogP contribution is 2.33. The Morgan fingerprint density at radius 3 is 2.74 bits per heavy atom. The van der Waals surface area contributed by atoms with Gasteiger partial charge in [0.25, 0.3) is 5.56 Å². The number of rotatable bonds is 5. The topological polar surface area (TPSA) is 78.5 Å². The number of esters is 1. The third kappa shape index (κ3) is 4.00. The van der Waals surface area contributed by atoms with Crippen LogP contribution in [0.3, 0.4) is 0 Å². The molecule has 0 unspecified atom stereocenters. The Balaban J connectivity index is 1.68. The number of thiophene rings is 1. The first-order valence-electron chi connectivity index (χ1n) is 11.2. The van der Waals surface area contributed by atoms with Crippen LogP contribution in [0.4, 0.5) is 0 Å². The van der Waals surface area contributed by atoms with Gasteiger partial charge < -0.3 is 9.30 Å². The molecule has 35 heavy (non-hydrogen) atoms. The van der Waals surface area contributed by atoms with Crippen LogP contribution in [0, 0.1) is 13.8 Å². The Labute approximate surface area is 210 Å². The zero-order valence-electron chi connectivity index (χ0n) is 19.8. The van der Waals surface area contributed by atoms with Crippen LogP contribution < -0.4 is 14.9 Å². The van der Waals surface area contributed by atoms with Crippen molar-refractivity contribution in [1.29, 1.82) is 0 Å². The van der Waals surface area contributed by atoms with Gasteiger partial charge in [0.15, 0.2) is 4.80 Å². The lowest BCUT2D eigenvalue weighted by Gasteiger charge is -2.23. The Kier molecular flexibility index (Phi) is 6.12. The molecule has 0 fully saturated rings. The number of nitrogens with zero attached hydrogens (tertiary/aromatic N) is 4. The van der Waals surface area contributed by atoms with Crippen molar-refractivity contribution in [3.8, 4) is 5.69 Å². The highest BCUT2D eigenvalue weighted by molar-refractivity contribution is 7.10. The van der Waals surface area contributed by atoms with Gasteiger partial charge in [-0.05, 0) is 69.0 Å². The Bertz CT molecular complexity index is 1620. The number of aryl methyl sites for hydroxylation is 1. The summed E-state index contributed by atoms with van der Waals surface area (Å²) in [6.07, 6.45) is 5.47. The molecule has 0 amide bonds. The van der Waals surface area contributed by atoms with Gasteiger partial charge in [-0.2, -0.15) is 0 Å². The minimum atomic E-state index is -0.560. The number of allylic oxidation sites excluding steroid dienone is 1. The number of ether oxygens (including phenoxy) is 1. The molecule has 0 N–H and O–H groups in total. The van der Waals surface area contributed by atoms with Crippen molar-refractivity contribution in [2.24, 2.45) is 4.99 Å². The maximum Gasteiger partial charge on any atom is 0.338 e. The molecule has 7 nitrogen and oxygen atoms in total. The molecule has 0 saturated carbocycles. The Morgan fingerprint density at radius 1 is 1.23 bits per heavy atom. The second-order valence-corrected chi connectivity index (χ2v) is 10.2. The monoisotopic (exact) mass is 504 g/mol. The fourth-order valence-corrected chi connectivity index (χ4v) is 6.33. The van der Waals surface area contributed by atoms with Crippen LogP contribution in [0.2, 0.25) is 0 Å². The summed E-state index contributed by atoms with van der Waals surface area (Å²) in [5.74, 6) is -0.443. The van der Waals surface area contributed by atoms with Crippen LogP contribution >= 0.6 is 22.7 Å². The first-order valence-corrected chi connectivity index (χ1v) is 12.9. The summed E-state index contributed by atoms with van der Waals surface area (Å²) in [5, 5.41) is 1.94. The van der Waals surface area contributed by atoms with E-state index in [2.05, 4.69) is 20.6 Å². The molecular weight excluding hydrogens is 480 g/mol. The number of pyridine rings is 1. The zero-order valence-corrected chi connectivity index (χ0v) is 21.4. The van der Waals surface area contributed by atoms with Gasteiger partial charge in [-0.3, -0.25) is 14.3 Å². The molecular formula is C26H24N4O3S2. The van der Waals surface area contributed by atoms with Gasteiger partial charge in [-0.25, -0.2) is 9.79 Å². The van der Waals surface area contributed by atoms with E-state index < -0.39 is 12.0 Å². The molecule has 0 saturated heterocycles. The van der Waals surface area contributed by atoms with Gasteiger partial charge in [0.05, 0.1) is 34.3 Å². The van der Waals surface area contributed by atoms with Crippen molar-refractivity contribution >= 4 is 34.7 Å². The van der Waals surface area contributed by atoms with E-state index in [0.29, 0.717) is 20.6 Å². The van der Waals surface area contributed by atoms with Crippen molar-refractivity contribution in [3.05, 3.63) is 101 Å². The number of fused-ring (bicyclic) bond motifs is 1. The SMILES string of the molecule is CCOC(=O)C1=C(C)N=c2s/c(=C/c3cc(C)n(-c4cccnc4)c3C)c(=O)n2[C@@H]1c1cccs1. The van der Waals surface area contributed by atoms with Crippen LogP contribution in [-0.4, -0.2) is 26.7 Å². The number of thiazole rings is 1. The summed E-state index contributed by atoms with van der Waals surface area (Å²) in [7, 11) is 0. The van der Waals surface area contributed by atoms with Gasteiger partial charge in [0.2, 0.25) is 0 Å². The van der Waals surface area contributed by atoms with Gasteiger partial charge in [-0.15, -0.1) is 11.3 Å². The van der Waals surface area contributed by atoms with Crippen LogP contribution in [0.5, 0.6) is 0 Å². The predicted molar refractivity (Wildman–Crippen MR) is 138 cm³/mol. The maximum absolute atomic E-state index is 13.7. The normalized spacial score (nSPS) is 15.8. The summed E-state index contributed by atoms with van der Waals surface area (Å²) in [6, 6.07) is 9.26. The Morgan fingerprint density at radius 2 is 2.06 bits per heavy atom. The highest BCUT2D eigenvalue weighted by Gasteiger charge is 2.33. The Hall–Kier alpha value is -3.56. The lowest BCUT2D eigenvalue weighted by atomic mass is 10.0. The minimum Gasteiger partial charge on any atom is -0.463 e. The molecule has 1 atom stereocenters. The molecule has 0 aliphatic carbocycles. The van der Waals surface area contributed by atoms with E-state index in [1.807, 2.05) is 55.8 Å². The van der Waals surface area contributed by atoms with E-state index in [0.717, 1.165) is 27.5 Å². The van der Waals surface area contributed by atoms with Gasteiger partial charge in [-0.1, -0.05) is 17.4 Å². The smallest absolute Gasteiger partial charge is 0.338 e. The molecule has 4 aromatic rings. The average Bonchev–Trinajstić information content (AvgIpc) is 3.53. The van der Waals surface area contributed by atoms with Crippen molar-refractivity contribution in [2.75, 3.05) is 6.61 Å². The molecule has 4 aromatic heterocycles. The van der Waals surface area contributed by atoms with Crippen molar-refractivity contribution in [3.63, 3.8) is 0 Å². The molecule has 0 bridgehead atoms. The fourth-order valence-electron chi connectivity index (χ4n) is 4.47. The summed E-state index contributed by atoms with van der Waals surface area (Å²) < 4.78 is 9.64. The summed E-state index contributed by atoms with van der Waals surface area (Å²) in [4.78, 5) is 37.0. The number of carbonyl (C=O) groups excluding carboxylic acids is 1. The lowest BCUT2D eigenvalue weighted by Crippen LogP contribution is -2.39. The van der Waals surface area contributed by atoms with Gasteiger partial charge >= 0.3 is 5.97 Å². The third-order valence-electron chi connectivity index (χ3n) is 5.99. The van der Waals surface area contributed by atoms with Crippen molar-refractivity contribution in [2.45, 2.75) is 33.7 Å². The average molecular weight is 505 g/mol. The molecule has 178 valence electrons. The van der Waals surface area contributed by atoms with Crippen LogP contribution in [0.1, 0.15) is 41.7 Å². The molecule has 0 radical (unpaired) electrons. The molecule has 0 aromatic carbocycles. The van der Waals surface area contributed by atoms with Crippen molar-refractivity contribution < 1.29 is 9.53 Å². The summed E-state index contributed by atoms with van der Waals surface area (Å²) in [5.41, 5.74) is 4.78. The van der Waals surface area contributed by atoms with Gasteiger partial charge in [0, 0.05) is 22.5 Å². The second-order valence-electron chi connectivity index (χ2n) is 8.19. The number of carbonyl (C=O) groups is 1. The fraction of sp³-hybridized carbons (Fsp3) is 0.231. The van der Waals surface area contributed by atoms with Crippen molar-refractivity contribution in [1.82, 2.24) is 14.1 Å². The third-order valence-corrected chi connectivity index (χ3v) is 7.90. The van der Waals surface area contributed by atoms with Crippen LogP contribution in [0.15, 0.2) is 69.2 Å². The molecule has 0 spiro atoms. The predicted octanol–water partition coefficient (Wildman–Crippen LogP) is 3.66. The largest absolute Gasteiger partial charge is 0.463 e. The second kappa shape index (κ2) is 9.24. The molecule has 5 heterocycles. The standard InChI is InChI=1S/C26H24N4O3S2/c1-5-33-25(32)22-16(3)28-26-30(23(22)20-9-7-11-34-20)24(31)21(35-26)13-18-12-15(2)29(17(18)4)19-8-6-10-27-14-19/h6-14,23H,5H2,1-4H3/b21-13+/t23-/m1/s1. The molecule has 1 aliphatic rings. The highest BCUT2D eigenvalue weighted by atomic mass is 32.1. The van der Waals surface area contributed by atoms with E-state index in [1.54, 1.807) is 24.6 Å². The zero-order chi connectivity index (χ0) is 24.7. The first-order chi connectivity index (χ1) is 16.9. The molecule has 1 aliphatic heterocycles. The number of aromatic nitrogens is 3. The molecule has 9 heteroatoms. The lowest BCUT2D eigenvalue weighted by molar-refractivity contribution is -0.139. The summed E-state index contributed by atoms with van der Waals surface area (Å²) in [6.45, 7) is 7.88. The number of hydrogen-bond donors (Lipinski definition) is 0. The maximum atomic E-state index is 13.7. The van der Waals surface area contributed by atoms with E-state index in [1.165, 1.54) is 22.7 Å². The van der Waals surface area contributed by atoms with Gasteiger partial charge in [0.1, 0.15) is 6.04 Å². The number of hydrogen-bond acceptors (Lipinski definition) is 7. The molecule has 5 rings (SSSR count). The summed E-state index contributed by atoms with van der Waals surface area (Å²) >= 11 is 2.84.